The summed E-state index contributed by atoms with van der Waals surface area (Å²) >= 11 is 12.2. The van der Waals surface area contributed by atoms with Crippen LogP contribution in [0, 0.1) is 0 Å². The molecule has 0 aliphatic carbocycles. The number of hydrogen-bond acceptors (Lipinski definition) is 2. The van der Waals surface area contributed by atoms with Crippen molar-refractivity contribution in [3.8, 4) is 0 Å². The van der Waals surface area contributed by atoms with Gasteiger partial charge in [-0.3, -0.25) is 0 Å². The predicted octanol–water partition coefficient (Wildman–Crippen LogP) is 3.30. The lowest BCUT2D eigenvalue weighted by atomic mass is 10.1. The van der Waals surface area contributed by atoms with E-state index in [0.717, 1.165) is 36.0 Å². The zero-order valence-corrected chi connectivity index (χ0v) is 10.8. The van der Waals surface area contributed by atoms with Crippen LogP contribution in [-0.4, -0.2) is 25.8 Å². The third-order valence-electron chi connectivity index (χ3n) is 2.77. The van der Waals surface area contributed by atoms with Crippen molar-refractivity contribution < 1.29 is 4.74 Å². The van der Waals surface area contributed by atoms with Crippen molar-refractivity contribution in [2.45, 2.75) is 18.9 Å². The number of benzene rings is 1. The van der Waals surface area contributed by atoms with E-state index in [1.807, 2.05) is 18.2 Å². The van der Waals surface area contributed by atoms with Gasteiger partial charge in [-0.05, 0) is 18.6 Å². The van der Waals surface area contributed by atoms with Gasteiger partial charge in [0.05, 0.1) is 23.4 Å². The van der Waals surface area contributed by atoms with E-state index in [4.69, 9.17) is 27.9 Å². The van der Waals surface area contributed by atoms with Crippen molar-refractivity contribution in [2.75, 3.05) is 24.6 Å². The maximum Gasteiger partial charge on any atom is 0.0722 e. The lowest BCUT2D eigenvalue weighted by Gasteiger charge is -2.34. The van der Waals surface area contributed by atoms with E-state index in [2.05, 4.69) is 11.8 Å². The number of rotatable bonds is 2. The number of anilines is 1. The number of hydrogen-bond donors (Lipinski definition) is 0. The molecule has 0 bridgehead atoms. The average Bonchev–Trinajstić information content (AvgIpc) is 2.28. The van der Waals surface area contributed by atoms with Crippen molar-refractivity contribution in [3.05, 3.63) is 28.8 Å². The van der Waals surface area contributed by atoms with Gasteiger partial charge >= 0.3 is 0 Å². The van der Waals surface area contributed by atoms with Crippen LogP contribution >= 0.6 is 23.2 Å². The van der Waals surface area contributed by atoms with Crippen LogP contribution in [0.4, 0.5) is 5.69 Å². The van der Waals surface area contributed by atoms with Gasteiger partial charge in [-0.1, -0.05) is 23.7 Å². The topological polar surface area (TPSA) is 12.5 Å². The minimum Gasteiger partial charge on any atom is -0.375 e. The Morgan fingerprint density at radius 3 is 3.00 bits per heavy atom. The van der Waals surface area contributed by atoms with Gasteiger partial charge < -0.3 is 9.64 Å². The minimum atomic E-state index is 0.244. The molecule has 1 atom stereocenters. The van der Waals surface area contributed by atoms with Gasteiger partial charge in [-0.25, -0.2) is 0 Å². The summed E-state index contributed by atoms with van der Waals surface area (Å²) in [6, 6.07) is 5.87. The number of nitrogens with zero attached hydrogens (tertiary/aromatic N) is 1. The Balaban J connectivity index is 2.30. The van der Waals surface area contributed by atoms with Crippen LogP contribution in [0.5, 0.6) is 0 Å². The number of halogens is 2. The van der Waals surface area contributed by atoms with Crippen molar-refractivity contribution in [2.24, 2.45) is 0 Å². The Morgan fingerprint density at radius 2 is 2.31 bits per heavy atom. The predicted molar refractivity (Wildman–Crippen MR) is 68.6 cm³/mol. The maximum atomic E-state index is 6.25. The molecular weight excluding hydrogens is 245 g/mol. The zero-order chi connectivity index (χ0) is 11.5. The van der Waals surface area contributed by atoms with E-state index < -0.39 is 0 Å². The molecule has 1 saturated heterocycles. The minimum absolute atomic E-state index is 0.244. The molecule has 0 saturated carbocycles. The number of para-hydroxylation sites is 1. The molecule has 2 nitrogen and oxygen atoms in total. The second-order valence-electron chi connectivity index (χ2n) is 4.01. The molecule has 1 heterocycles. The zero-order valence-electron chi connectivity index (χ0n) is 9.25. The Labute approximate surface area is 106 Å². The monoisotopic (exact) mass is 259 g/mol. The van der Waals surface area contributed by atoms with Crippen LogP contribution < -0.4 is 4.90 Å². The van der Waals surface area contributed by atoms with Gasteiger partial charge in [0.1, 0.15) is 0 Å². The first-order chi connectivity index (χ1) is 7.72. The number of ether oxygens (including phenoxy) is 1. The second-order valence-corrected chi connectivity index (χ2v) is 4.68. The molecule has 0 spiro atoms. The molecule has 1 aliphatic rings. The summed E-state index contributed by atoms with van der Waals surface area (Å²) in [7, 11) is 0. The lowest BCUT2D eigenvalue weighted by molar-refractivity contribution is 0.0532. The number of alkyl halides is 1. The third kappa shape index (κ3) is 2.45. The highest BCUT2D eigenvalue weighted by atomic mass is 35.5. The Kier molecular flexibility index (Phi) is 3.95. The van der Waals surface area contributed by atoms with Gasteiger partial charge in [0.2, 0.25) is 0 Å². The van der Waals surface area contributed by atoms with E-state index in [0.29, 0.717) is 5.88 Å². The molecule has 0 aromatic heterocycles. The van der Waals surface area contributed by atoms with Crippen LogP contribution in [0.1, 0.15) is 12.5 Å². The number of morpholine rings is 1. The molecule has 1 fully saturated rings. The summed E-state index contributed by atoms with van der Waals surface area (Å²) in [5.41, 5.74) is 2.15. The van der Waals surface area contributed by atoms with E-state index in [1.54, 1.807) is 0 Å². The third-order valence-corrected chi connectivity index (χ3v) is 3.36. The van der Waals surface area contributed by atoms with Crippen molar-refractivity contribution in [1.29, 1.82) is 0 Å². The largest absolute Gasteiger partial charge is 0.375 e. The highest BCUT2D eigenvalue weighted by molar-refractivity contribution is 6.33. The molecular formula is C12H15Cl2NO. The molecule has 0 radical (unpaired) electrons. The highest BCUT2D eigenvalue weighted by Crippen LogP contribution is 2.32. The van der Waals surface area contributed by atoms with Crippen molar-refractivity contribution in [1.82, 2.24) is 0 Å². The van der Waals surface area contributed by atoms with E-state index in [9.17, 15) is 0 Å². The molecule has 1 unspecified atom stereocenters. The Bertz CT molecular complexity index is 370. The summed E-state index contributed by atoms with van der Waals surface area (Å²) < 4.78 is 5.53. The lowest BCUT2D eigenvalue weighted by Crippen LogP contribution is -2.41. The molecule has 1 aliphatic heterocycles. The summed E-state index contributed by atoms with van der Waals surface area (Å²) in [5.74, 6) is 0.488. The molecule has 4 heteroatoms. The molecule has 88 valence electrons. The molecule has 2 rings (SSSR count). The summed E-state index contributed by atoms with van der Waals surface area (Å²) in [4.78, 5) is 2.26. The molecule has 0 N–H and O–H groups in total. The fraction of sp³-hybridized carbons (Fsp3) is 0.500. The van der Waals surface area contributed by atoms with Crippen molar-refractivity contribution >= 4 is 28.9 Å². The van der Waals surface area contributed by atoms with E-state index in [-0.39, 0.29) is 6.10 Å². The quantitative estimate of drug-likeness (QED) is 0.756. The summed E-state index contributed by atoms with van der Waals surface area (Å²) in [6.07, 6.45) is 0.244. The first kappa shape index (κ1) is 12.0. The molecule has 0 amide bonds. The van der Waals surface area contributed by atoms with E-state index in [1.165, 1.54) is 0 Å². The van der Waals surface area contributed by atoms with Crippen LogP contribution in [0.2, 0.25) is 5.02 Å². The Hall–Kier alpha value is -0.440. The van der Waals surface area contributed by atoms with E-state index >= 15 is 0 Å². The Morgan fingerprint density at radius 1 is 1.50 bits per heavy atom. The summed E-state index contributed by atoms with van der Waals surface area (Å²) in [6.45, 7) is 4.56. The average molecular weight is 260 g/mol. The fourth-order valence-electron chi connectivity index (χ4n) is 2.04. The first-order valence-electron chi connectivity index (χ1n) is 5.42. The highest BCUT2D eigenvalue weighted by Gasteiger charge is 2.20. The molecule has 1 aromatic carbocycles. The fourth-order valence-corrected chi connectivity index (χ4v) is 2.57. The maximum absolute atomic E-state index is 6.25. The van der Waals surface area contributed by atoms with Gasteiger partial charge in [-0.2, -0.15) is 0 Å². The van der Waals surface area contributed by atoms with Gasteiger partial charge in [0.15, 0.2) is 0 Å². The van der Waals surface area contributed by atoms with Gasteiger partial charge in [0.25, 0.3) is 0 Å². The molecule has 1 aromatic rings. The van der Waals surface area contributed by atoms with Crippen LogP contribution in [0.15, 0.2) is 18.2 Å². The van der Waals surface area contributed by atoms with Crippen LogP contribution in [-0.2, 0) is 10.6 Å². The van der Waals surface area contributed by atoms with Gasteiger partial charge in [-0.15, -0.1) is 11.6 Å². The van der Waals surface area contributed by atoms with Crippen molar-refractivity contribution in [3.63, 3.8) is 0 Å². The normalized spacial score (nSPS) is 21.2. The standard InChI is InChI=1S/C12H15Cl2NO/c1-9-8-15(5-6-16-9)12-10(7-13)3-2-4-11(12)14/h2-4,9H,5-8H2,1H3. The summed E-state index contributed by atoms with van der Waals surface area (Å²) in [5, 5.41) is 0.771. The van der Waals surface area contributed by atoms with Crippen LogP contribution in [0.3, 0.4) is 0 Å². The molecule has 16 heavy (non-hydrogen) atoms. The first-order valence-corrected chi connectivity index (χ1v) is 6.33. The smallest absolute Gasteiger partial charge is 0.0722 e. The van der Waals surface area contributed by atoms with Gasteiger partial charge in [0, 0.05) is 19.0 Å². The second kappa shape index (κ2) is 5.26. The van der Waals surface area contributed by atoms with Crippen LogP contribution in [0.25, 0.3) is 0 Å². The SMILES string of the molecule is CC1CN(c2c(Cl)cccc2CCl)CCO1.